The summed E-state index contributed by atoms with van der Waals surface area (Å²) < 4.78 is 0. The van der Waals surface area contributed by atoms with E-state index in [0.717, 1.165) is 10.7 Å². The molecule has 1 aromatic rings. The lowest BCUT2D eigenvalue weighted by Gasteiger charge is -2.06. The Bertz CT molecular complexity index is 406. The number of imide groups is 1. The van der Waals surface area contributed by atoms with Crippen molar-refractivity contribution in [3.8, 4) is 0 Å². The summed E-state index contributed by atoms with van der Waals surface area (Å²) in [5.74, 6) is -0.506. The Balaban J connectivity index is 2.23. The largest absolute Gasteiger partial charge is 0.337 e. The van der Waals surface area contributed by atoms with Crippen molar-refractivity contribution >= 4 is 34.9 Å². The number of hydrogen-bond acceptors (Lipinski definition) is 4. The van der Waals surface area contributed by atoms with Crippen LogP contribution in [0.3, 0.4) is 0 Å². The zero-order valence-corrected chi connectivity index (χ0v) is 11.2. The molecule has 7 heteroatoms. The van der Waals surface area contributed by atoms with E-state index in [0.29, 0.717) is 13.0 Å². The van der Waals surface area contributed by atoms with Crippen molar-refractivity contribution in [1.29, 1.82) is 0 Å². The summed E-state index contributed by atoms with van der Waals surface area (Å²) in [4.78, 5) is 26.6. The lowest BCUT2D eigenvalue weighted by molar-refractivity contribution is -0.119. The van der Waals surface area contributed by atoms with Crippen LogP contribution >= 0.6 is 22.9 Å². The first kappa shape index (κ1) is 13.9. The van der Waals surface area contributed by atoms with E-state index < -0.39 is 17.3 Å². The highest BCUT2D eigenvalue weighted by Gasteiger charge is 2.12. The molecule has 1 rings (SSSR count). The van der Waals surface area contributed by atoms with Crippen LogP contribution in [0.4, 0.5) is 4.79 Å². The van der Waals surface area contributed by atoms with Gasteiger partial charge in [0.05, 0.1) is 10.7 Å². The highest BCUT2D eigenvalue weighted by atomic mass is 35.5. The molecular formula is C10H14ClN3O2S. The van der Waals surface area contributed by atoms with Gasteiger partial charge in [0.1, 0.15) is 5.38 Å². The van der Waals surface area contributed by atoms with Crippen molar-refractivity contribution < 1.29 is 9.59 Å². The Morgan fingerprint density at radius 1 is 1.59 bits per heavy atom. The highest BCUT2D eigenvalue weighted by Crippen LogP contribution is 2.07. The molecule has 1 atom stereocenters. The van der Waals surface area contributed by atoms with Gasteiger partial charge in [-0.3, -0.25) is 10.1 Å². The number of amides is 3. The molecule has 1 aromatic heterocycles. The van der Waals surface area contributed by atoms with E-state index in [1.807, 2.05) is 12.3 Å². The molecule has 3 amide bonds. The van der Waals surface area contributed by atoms with Crippen molar-refractivity contribution in [3.05, 3.63) is 16.1 Å². The molecule has 0 saturated carbocycles. The van der Waals surface area contributed by atoms with E-state index in [-0.39, 0.29) is 0 Å². The Morgan fingerprint density at radius 3 is 2.82 bits per heavy atom. The Hall–Kier alpha value is -1.14. The van der Waals surface area contributed by atoms with Gasteiger partial charge in [0.25, 0.3) is 0 Å². The lowest BCUT2D eigenvalue weighted by Crippen LogP contribution is -2.42. The predicted octanol–water partition coefficient (Wildman–Crippen LogP) is 1.45. The van der Waals surface area contributed by atoms with Gasteiger partial charge in [-0.1, -0.05) is 0 Å². The SMILES string of the molecule is Cc1nc(CCNC(=O)NC(=O)C(C)Cl)cs1. The predicted molar refractivity (Wildman–Crippen MR) is 67.4 cm³/mol. The highest BCUT2D eigenvalue weighted by molar-refractivity contribution is 7.09. The molecule has 1 heterocycles. The summed E-state index contributed by atoms with van der Waals surface area (Å²) in [7, 11) is 0. The summed E-state index contributed by atoms with van der Waals surface area (Å²) in [6.45, 7) is 3.86. The maximum atomic E-state index is 11.2. The summed E-state index contributed by atoms with van der Waals surface area (Å²) in [6, 6.07) is -0.533. The topological polar surface area (TPSA) is 71.1 Å². The van der Waals surface area contributed by atoms with Crippen LogP contribution in [0, 0.1) is 6.92 Å². The number of aromatic nitrogens is 1. The number of alkyl halides is 1. The van der Waals surface area contributed by atoms with Gasteiger partial charge < -0.3 is 5.32 Å². The zero-order chi connectivity index (χ0) is 12.8. The van der Waals surface area contributed by atoms with Gasteiger partial charge in [-0.15, -0.1) is 22.9 Å². The van der Waals surface area contributed by atoms with Gasteiger partial charge in [-0.05, 0) is 13.8 Å². The van der Waals surface area contributed by atoms with Crippen molar-refractivity contribution in [3.63, 3.8) is 0 Å². The van der Waals surface area contributed by atoms with Gasteiger partial charge in [0, 0.05) is 18.3 Å². The van der Waals surface area contributed by atoms with E-state index in [4.69, 9.17) is 11.6 Å². The van der Waals surface area contributed by atoms with E-state index >= 15 is 0 Å². The minimum Gasteiger partial charge on any atom is -0.337 e. The van der Waals surface area contributed by atoms with Crippen molar-refractivity contribution in [1.82, 2.24) is 15.6 Å². The Labute approximate surface area is 109 Å². The molecule has 94 valence electrons. The van der Waals surface area contributed by atoms with Crippen LogP contribution in [-0.2, 0) is 11.2 Å². The fourth-order valence-electron chi connectivity index (χ4n) is 1.08. The number of thiazole rings is 1. The molecule has 0 aliphatic rings. The quantitative estimate of drug-likeness (QED) is 0.817. The number of carbonyl (C=O) groups excluding carboxylic acids is 2. The third-order valence-electron chi connectivity index (χ3n) is 1.93. The molecule has 0 bridgehead atoms. The average Bonchev–Trinajstić information content (AvgIpc) is 2.64. The Kier molecular flexibility index (Phi) is 5.37. The fraction of sp³-hybridized carbons (Fsp3) is 0.500. The average molecular weight is 276 g/mol. The molecule has 5 nitrogen and oxygen atoms in total. The maximum Gasteiger partial charge on any atom is 0.321 e. The third kappa shape index (κ3) is 5.14. The normalized spacial score (nSPS) is 11.9. The standard InChI is InChI=1S/C10H14ClN3O2S/c1-6(11)9(15)14-10(16)12-4-3-8-5-17-7(2)13-8/h5-6H,3-4H2,1-2H3,(H2,12,14,15,16). The van der Waals surface area contributed by atoms with Crippen molar-refractivity contribution in [2.24, 2.45) is 0 Å². The molecule has 0 saturated heterocycles. The minimum atomic E-state index is -0.720. The monoisotopic (exact) mass is 275 g/mol. The van der Waals surface area contributed by atoms with Crippen molar-refractivity contribution in [2.75, 3.05) is 6.54 Å². The zero-order valence-electron chi connectivity index (χ0n) is 9.62. The molecule has 0 aliphatic carbocycles. The summed E-state index contributed by atoms with van der Waals surface area (Å²) in [6.07, 6.45) is 0.641. The summed E-state index contributed by atoms with van der Waals surface area (Å²) >= 11 is 7.07. The Morgan fingerprint density at radius 2 is 2.29 bits per heavy atom. The van der Waals surface area contributed by atoms with Gasteiger partial charge in [0.2, 0.25) is 5.91 Å². The fourth-order valence-corrected chi connectivity index (χ4v) is 1.78. The maximum absolute atomic E-state index is 11.2. The molecule has 0 radical (unpaired) electrons. The van der Waals surface area contributed by atoms with Crippen LogP contribution in [0.15, 0.2) is 5.38 Å². The van der Waals surface area contributed by atoms with Crippen LogP contribution in [0.5, 0.6) is 0 Å². The van der Waals surface area contributed by atoms with E-state index in [1.54, 1.807) is 11.3 Å². The number of urea groups is 1. The number of halogens is 1. The minimum absolute atomic E-state index is 0.430. The van der Waals surface area contributed by atoms with Crippen LogP contribution in [0.25, 0.3) is 0 Å². The molecule has 0 spiro atoms. The van der Waals surface area contributed by atoms with E-state index in [2.05, 4.69) is 15.6 Å². The second-order valence-corrected chi connectivity index (χ2v) is 5.19. The lowest BCUT2D eigenvalue weighted by atomic mass is 10.3. The van der Waals surface area contributed by atoms with Crippen LogP contribution in [-0.4, -0.2) is 28.8 Å². The molecule has 1 unspecified atom stereocenters. The third-order valence-corrected chi connectivity index (χ3v) is 2.95. The van der Waals surface area contributed by atoms with Gasteiger partial charge in [-0.2, -0.15) is 0 Å². The second kappa shape index (κ2) is 6.56. The summed E-state index contributed by atoms with van der Waals surface area (Å²) in [5, 5.41) is 6.91. The van der Waals surface area contributed by atoms with Crippen LogP contribution in [0.1, 0.15) is 17.6 Å². The first-order chi connectivity index (χ1) is 7.99. The second-order valence-electron chi connectivity index (χ2n) is 3.47. The molecule has 0 fully saturated rings. The number of hydrogen-bond donors (Lipinski definition) is 2. The van der Waals surface area contributed by atoms with Crippen molar-refractivity contribution in [2.45, 2.75) is 25.6 Å². The molecule has 0 aliphatic heterocycles. The number of nitrogens with zero attached hydrogens (tertiary/aromatic N) is 1. The molecule has 2 N–H and O–H groups in total. The number of rotatable bonds is 4. The number of carbonyl (C=O) groups is 2. The molecule has 0 aromatic carbocycles. The smallest absolute Gasteiger partial charge is 0.321 e. The van der Waals surface area contributed by atoms with Crippen LogP contribution < -0.4 is 10.6 Å². The van der Waals surface area contributed by atoms with E-state index in [9.17, 15) is 9.59 Å². The molecule has 17 heavy (non-hydrogen) atoms. The van der Waals surface area contributed by atoms with E-state index in [1.165, 1.54) is 6.92 Å². The van der Waals surface area contributed by atoms with Gasteiger partial charge in [0.15, 0.2) is 0 Å². The first-order valence-electron chi connectivity index (χ1n) is 5.13. The number of aryl methyl sites for hydroxylation is 1. The molecular weight excluding hydrogens is 262 g/mol. The summed E-state index contributed by atoms with van der Waals surface area (Å²) in [5.41, 5.74) is 0.935. The first-order valence-corrected chi connectivity index (χ1v) is 6.44. The van der Waals surface area contributed by atoms with Gasteiger partial charge in [-0.25, -0.2) is 9.78 Å². The van der Waals surface area contributed by atoms with Gasteiger partial charge >= 0.3 is 6.03 Å². The number of nitrogens with one attached hydrogen (secondary N) is 2. The van der Waals surface area contributed by atoms with Crippen LogP contribution in [0.2, 0.25) is 0 Å².